The summed E-state index contributed by atoms with van der Waals surface area (Å²) in [5, 5.41) is 3.53. The van der Waals surface area contributed by atoms with Gasteiger partial charge in [0.05, 0.1) is 12.5 Å². The Hall–Kier alpha value is -2.33. The number of benzene rings is 2. The van der Waals surface area contributed by atoms with Crippen molar-refractivity contribution in [2.24, 2.45) is 0 Å². The first-order valence-electron chi connectivity index (χ1n) is 8.34. The lowest BCUT2D eigenvalue weighted by Crippen LogP contribution is -2.35. The SMILES string of the molecule is CCN(Cc1cccc(Cl)c1)C(=O)CC(NC(C)=O)c1ccccc1. The minimum absolute atomic E-state index is 0.00919. The van der Waals surface area contributed by atoms with E-state index in [0.717, 1.165) is 11.1 Å². The van der Waals surface area contributed by atoms with Crippen LogP contribution in [0.5, 0.6) is 0 Å². The number of halogens is 1. The molecule has 132 valence electrons. The first-order valence-corrected chi connectivity index (χ1v) is 8.71. The Labute approximate surface area is 153 Å². The molecule has 1 unspecified atom stereocenters. The van der Waals surface area contributed by atoms with Gasteiger partial charge in [-0.1, -0.05) is 54.1 Å². The fourth-order valence-electron chi connectivity index (χ4n) is 2.72. The van der Waals surface area contributed by atoms with Crippen LogP contribution in [0.25, 0.3) is 0 Å². The number of carbonyl (C=O) groups is 2. The number of rotatable bonds is 7. The second-order valence-corrected chi connectivity index (χ2v) is 6.34. The lowest BCUT2D eigenvalue weighted by Gasteiger charge is -2.25. The molecule has 0 bridgehead atoms. The lowest BCUT2D eigenvalue weighted by atomic mass is 10.0. The van der Waals surface area contributed by atoms with Gasteiger partial charge in [0.2, 0.25) is 11.8 Å². The van der Waals surface area contributed by atoms with Crippen molar-refractivity contribution < 1.29 is 9.59 Å². The van der Waals surface area contributed by atoms with Gasteiger partial charge in [0.15, 0.2) is 0 Å². The quantitative estimate of drug-likeness (QED) is 0.814. The average molecular weight is 359 g/mol. The van der Waals surface area contributed by atoms with Crippen LogP contribution in [0.2, 0.25) is 5.02 Å². The molecule has 2 aromatic carbocycles. The van der Waals surface area contributed by atoms with Crippen molar-refractivity contribution >= 4 is 23.4 Å². The smallest absolute Gasteiger partial charge is 0.225 e. The lowest BCUT2D eigenvalue weighted by molar-refractivity contribution is -0.132. The Balaban J connectivity index is 2.10. The molecule has 0 aliphatic rings. The minimum atomic E-state index is -0.334. The van der Waals surface area contributed by atoms with Gasteiger partial charge >= 0.3 is 0 Å². The molecule has 0 heterocycles. The summed E-state index contributed by atoms with van der Waals surface area (Å²) in [5.74, 6) is -0.162. The van der Waals surface area contributed by atoms with Crippen molar-refractivity contribution in [1.29, 1.82) is 0 Å². The number of carbonyl (C=O) groups excluding carboxylic acids is 2. The topological polar surface area (TPSA) is 49.4 Å². The van der Waals surface area contributed by atoms with Crippen LogP contribution in [0.15, 0.2) is 54.6 Å². The highest BCUT2D eigenvalue weighted by molar-refractivity contribution is 6.30. The van der Waals surface area contributed by atoms with Crippen molar-refractivity contribution in [3.8, 4) is 0 Å². The molecule has 1 atom stereocenters. The third kappa shape index (κ3) is 5.91. The number of amides is 2. The van der Waals surface area contributed by atoms with E-state index in [0.29, 0.717) is 18.1 Å². The Morgan fingerprint density at radius 3 is 2.44 bits per heavy atom. The van der Waals surface area contributed by atoms with Crippen molar-refractivity contribution in [1.82, 2.24) is 10.2 Å². The van der Waals surface area contributed by atoms with E-state index >= 15 is 0 Å². The Bertz CT molecular complexity index is 719. The second-order valence-electron chi connectivity index (χ2n) is 5.91. The van der Waals surface area contributed by atoms with E-state index in [-0.39, 0.29) is 24.3 Å². The van der Waals surface area contributed by atoms with Crippen LogP contribution in [-0.4, -0.2) is 23.3 Å². The zero-order valence-electron chi connectivity index (χ0n) is 14.5. The summed E-state index contributed by atoms with van der Waals surface area (Å²) in [6.45, 7) is 4.49. The van der Waals surface area contributed by atoms with E-state index in [1.165, 1.54) is 6.92 Å². The molecule has 0 aliphatic heterocycles. The van der Waals surface area contributed by atoms with Gasteiger partial charge < -0.3 is 10.2 Å². The van der Waals surface area contributed by atoms with Crippen LogP contribution in [0.4, 0.5) is 0 Å². The largest absolute Gasteiger partial charge is 0.349 e. The van der Waals surface area contributed by atoms with E-state index in [2.05, 4.69) is 5.32 Å². The van der Waals surface area contributed by atoms with Gasteiger partial charge in [-0.2, -0.15) is 0 Å². The molecule has 0 saturated heterocycles. The molecule has 4 nitrogen and oxygen atoms in total. The van der Waals surface area contributed by atoms with Gasteiger partial charge in [0.25, 0.3) is 0 Å². The molecule has 25 heavy (non-hydrogen) atoms. The van der Waals surface area contributed by atoms with Gasteiger partial charge in [0.1, 0.15) is 0 Å². The van der Waals surface area contributed by atoms with Crippen molar-refractivity contribution in [3.63, 3.8) is 0 Å². The third-order valence-corrected chi connectivity index (χ3v) is 4.19. The highest BCUT2D eigenvalue weighted by Crippen LogP contribution is 2.19. The molecule has 0 aliphatic carbocycles. The molecule has 0 radical (unpaired) electrons. The Kier molecular flexibility index (Phi) is 7.02. The monoisotopic (exact) mass is 358 g/mol. The van der Waals surface area contributed by atoms with E-state index in [9.17, 15) is 9.59 Å². The maximum Gasteiger partial charge on any atom is 0.225 e. The van der Waals surface area contributed by atoms with Crippen LogP contribution >= 0.6 is 11.6 Å². The second kappa shape index (κ2) is 9.23. The highest BCUT2D eigenvalue weighted by Gasteiger charge is 2.20. The normalized spacial score (nSPS) is 11.6. The summed E-state index contributed by atoms with van der Waals surface area (Å²) in [6, 6.07) is 16.7. The third-order valence-electron chi connectivity index (χ3n) is 3.96. The van der Waals surface area contributed by atoms with Crippen LogP contribution in [0, 0.1) is 0 Å². The molecule has 1 N–H and O–H groups in total. The summed E-state index contributed by atoms with van der Waals surface area (Å²) in [7, 11) is 0. The zero-order chi connectivity index (χ0) is 18.2. The first-order chi connectivity index (χ1) is 12.0. The van der Waals surface area contributed by atoms with Gasteiger partial charge in [0, 0.05) is 25.0 Å². The number of nitrogens with zero attached hydrogens (tertiary/aromatic N) is 1. The minimum Gasteiger partial charge on any atom is -0.349 e. The predicted octanol–water partition coefficient (Wildman–Crippen LogP) is 3.96. The maximum absolute atomic E-state index is 12.8. The molecule has 0 spiro atoms. The zero-order valence-corrected chi connectivity index (χ0v) is 15.3. The number of nitrogens with one attached hydrogen (secondary N) is 1. The van der Waals surface area contributed by atoms with Gasteiger partial charge in [-0.25, -0.2) is 0 Å². The summed E-state index contributed by atoms with van der Waals surface area (Å²) >= 11 is 6.02. The highest BCUT2D eigenvalue weighted by atomic mass is 35.5. The van der Waals surface area contributed by atoms with Crippen LogP contribution in [-0.2, 0) is 16.1 Å². The Morgan fingerprint density at radius 1 is 1.12 bits per heavy atom. The maximum atomic E-state index is 12.8. The van der Waals surface area contributed by atoms with Gasteiger partial charge in [-0.15, -0.1) is 0 Å². The molecular formula is C20H23ClN2O2. The van der Waals surface area contributed by atoms with E-state index < -0.39 is 0 Å². The van der Waals surface area contributed by atoms with Crippen molar-refractivity contribution in [3.05, 3.63) is 70.7 Å². The molecular weight excluding hydrogens is 336 g/mol. The van der Waals surface area contributed by atoms with Crippen LogP contribution in [0.3, 0.4) is 0 Å². The van der Waals surface area contributed by atoms with Crippen molar-refractivity contribution in [2.45, 2.75) is 32.9 Å². The molecule has 0 fully saturated rings. The number of hydrogen-bond acceptors (Lipinski definition) is 2. The fourth-order valence-corrected chi connectivity index (χ4v) is 2.93. The van der Waals surface area contributed by atoms with E-state index in [1.807, 2.05) is 61.5 Å². The summed E-state index contributed by atoms with van der Waals surface area (Å²) in [6.07, 6.45) is 0.220. The average Bonchev–Trinajstić information content (AvgIpc) is 2.59. The molecule has 2 amide bonds. The predicted molar refractivity (Wildman–Crippen MR) is 100 cm³/mol. The molecule has 2 rings (SSSR count). The molecule has 0 aromatic heterocycles. The summed E-state index contributed by atoms with van der Waals surface area (Å²) in [4.78, 5) is 26.1. The summed E-state index contributed by atoms with van der Waals surface area (Å²) < 4.78 is 0. The van der Waals surface area contributed by atoms with Crippen molar-refractivity contribution in [2.75, 3.05) is 6.54 Å². The molecule has 0 saturated carbocycles. The van der Waals surface area contributed by atoms with Crippen LogP contribution in [0.1, 0.15) is 37.4 Å². The number of hydrogen-bond donors (Lipinski definition) is 1. The fraction of sp³-hybridized carbons (Fsp3) is 0.300. The van der Waals surface area contributed by atoms with E-state index in [1.54, 1.807) is 4.90 Å². The van der Waals surface area contributed by atoms with Gasteiger partial charge in [-0.3, -0.25) is 9.59 Å². The van der Waals surface area contributed by atoms with Crippen LogP contribution < -0.4 is 5.32 Å². The van der Waals surface area contributed by atoms with E-state index in [4.69, 9.17) is 11.6 Å². The summed E-state index contributed by atoms with van der Waals surface area (Å²) in [5.41, 5.74) is 1.91. The van der Waals surface area contributed by atoms with Gasteiger partial charge in [-0.05, 0) is 30.2 Å². The first kappa shape index (κ1) is 19.0. The molecule has 5 heteroatoms. The molecule has 2 aromatic rings. The standard InChI is InChI=1S/C20H23ClN2O2/c1-3-23(14-16-8-7-11-18(21)12-16)20(25)13-19(22-15(2)24)17-9-5-4-6-10-17/h4-12,19H,3,13-14H2,1-2H3,(H,22,24). The Morgan fingerprint density at radius 2 is 1.84 bits per heavy atom.